The molecule has 0 saturated carbocycles. The summed E-state index contributed by atoms with van der Waals surface area (Å²) in [5.74, 6) is -1.15. The van der Waals surface area contributed by atoms with Gasteiger partial charge in [-0.15, -0.1) is 0 Å². The molecule has 0 aromatic rings. The maximum Gasteiger partial charge on any atom is 0.308 e. The zero-order valence-corrected chi connectivity index (χ0v) is 5.66. The molecular weight excluding hydrogens is 130 g/mol. The maximum absolute atomic E-state index is 10.5. The SMILES string of the molecule is N[C@@H]1C=CCC[C@H]1C(=O)O. The van der Waals surface area contributed by atoms with Crippen LogP contribution in [0.25, 0.3) is 0 Å². The fraction of sp³-hybridized carbons (Fsp3) is 0.571. The summed E-state index contributed by atoms with van der Waals surface area (Å²) in [5.41, 5.74) is 5.51. The number of nitrogens with two attached hydrogens (primary N) is 1. The number of carboxylic acid groups (broad SMARTS) is 1. The Bertz CT molecular complexity index is 165. The van der Waals surface area contributed by atoms with Gasteiger partial charge in [-0.1, -0.05) is 12.2 Å². The zero-order valence-electron chi connectivity index (χ0n) is 5.66. The monoisotopic (exact) mass is 141 g/mol. The molecule has 3 heteroatoms. The molecule has 0 bridgehead atoms. The fourth-order valence-corrected chi connectivity index (χ4v) is 1.14. The summed E-state index contributed by atoms with van der Waals surface area (Å²) in [6.45, 7) is 0. The molecule has 0 aliphatic heterocycles. The number of hydrogen-bond donors (Lipinski definition) is 2. The maximum atomic E-state index is 10.5. The molecule has 1 rings (SSSR count). The average molecular weight is 141 g/mol. The van der Waals surface area contributed by atoms with E-state index in [0.717, 1.165) is 6.42 Å². The number of allylic oxidation sites excluding steroid dienone is 1. The Morgan fingerprint density at radius 2 is 2.40 bits per heavy atom. The highest BCUT2D eigenvalue weighted by Crippen LogP contribution is 2.16. The van der Waals surface area contributed by atoms with Crippen molar-refractivity contribution >= 4 is 5.97 Å². The van der Waals surface area contributed by atoms with Gasteiger partial charge in [0.05, 0.1) is 5.92 Å². The Morgan fingerprint density at radius 1 is 1.70 bits per heavy atom. The molecule has 3 nitrogen and oxygen atoms in total. The van der Waals surface area contributed by atoms with Crippen LogP contribution in [0.2, 0.25) is 0 Å². The molecule has 0 amide bonds. The lowest BCUT2D eigenvalue weighted by atomic mass is 9.90. The van der Waals surface area contributed by atoms with Gasteiger partial charge in [-0.3, -0.25) is 4.79 Å². The van der Waals surface area contributed by atoms with E-state index in [-0.39, 0.29) is 12.0 Å². The van der Waals surface area contributed by atoms with Gasteiger partial charge in [0, 0.05) is 6.04 Å². The van der Waals surface area contributed by atoms with Crippen molar-refractivity contribution in [2.45, 2.75) is 18.9 Å². The first-order chi connectivity index (χ1) is 4.72. The molecule has 0 fully saturated rings. The third-order valence-electron chi connectivity index (χ3n) is 1.78. The van der Waals surface area contributed by atoms with E-state index in [0.29, 0.717) is 6.42 Å². The van der Waals surface area contributed by atoms with Crippen LogP contribution in [0.3, 0.4) is 0 Å². The molecule has 2 atom stereocenters. The molecule has 0 heterocycles. The third-order valence-corrected chi connectivity index (χ3v) is 1.78. The summed E-state index contributed by atoms with van der Waals surface area (Å²) < 4.78 is 0. The summed E-state index contributed by atoms with van der Waals surface area (Å²) in [6, 6.07) is -0.286. The standard InChI is InChI=1S/C7H11NO2/c8-6-4-2-1-3-5(6)7(9)10/h2,4-6H,1,3,8H2,(H,9,10)/t5-,6-/m1/s1. The second-order valence-electron chi connectivity index (χ2n) is 2.53. The first kappa shape index (κ1) is 7.28. The van der Waals surface area contributed by atoms with Crippen LogP contribution in [-0.4, -0.2) is 17.1 Å². The van der Waals surface area contributed by atoms with Crippen molar-refractivity contribution in [2.75, 3.05) is 0 Å². The van der Waals surface area contributed by atoms with Crippen LogP contribution in [0.15, 0.2) is 12.2 Å². The molecule has 0 radical (unpaired) electrons. The Kier molecular flexibility index (Phi) is 2.06. The lowest BCUT2D eigenvalue weighted by Crippen LogP contribution is -2.35. The van der Waals surface area contributed by atoms with Crippen LogP contribution in [0.5, 0.6) is 0 Å². The van der Waals surface area contributed by atoms with Gasteiger partial charge in [-0.2, -0.15) is 0 Å². The molecule has 1 aliphatic carbocycles. The van der Waals surface area contributed by atoms with E-state index in [2.05, 4.69) is 0 Å². The van der Waals surface area contributed by atoms with Crippen molar-refractivity contribution in [2.24, 2.45) is 11.7 Å². The highest BCUT2D eigenvalue weighted by atomic mass is 16.4. The van der Waals surface area contributed by atoms with E-state index in [4.69, 9.17) is 10.8 Å². The van der Waals surface area contributed by atoms with Crippen molar-refractivity contribution in [3.8, 4) is 0 Å². The van der Waals surface area contributed by atoms with E-state index in [1.54, 1.807) is 6.08 Å². The van der Waals surface area contributed by atoms with Crippen molar-refractivity contribution in [1.29, 1.82) is 0 Å². The summed E-state index contributed by atoms with van der Waals surface area (Å²) in [7, 11) is 0. The van der Waals surface area contributed by atoms with Gasteiger partial charge in [0.15, 0.2) is 0 Å². The molecular formula is C7H11NO2. The Labute approximate surface area is 59.5 Å². The first-order valence-corrected chi connectivity index (χ1v) is 3.37. The summed E-state index contributed by atoms with van der Waals surface area (Å²) in [6.07, 6.45) is 5.21. The van der Waals surface area contributed by atoms with Gasteiger partial charge in [-0.05, 0) is 12.8 Å². The lowest BCUT2D eigenvalue weighted by Gasteiger charge is -2.19. The van der Waals surface area contributed by atoms with Crippen LogP contribution >= 0.6 is 0 Å². The molecule has 0 aromatic heterocycles. The van der Waals surface area contributed by atoms with Crippen molar-refractivity contribution in [1.82, 2.24) is 0 Å². The summed E-state index contributed by atoms with van der Waals surface area (Å²) >= 11 is 0. The quantitative estimate of drug-likeness (QED) is 0.518. The van der Waals surface area contributed by atoms with Gasteiger partial charge in [0.25, 0.3) is 0 Å². The van der Waals surface area contributed by atoms with E-state index in [1.165, 1.54) is 0 Å². The number of carbonyl (C=O) groups is 1. The Balaban J connectivity index is 2.60. The largest absolute Gasteiger partial charge is 0.481 e. The van der Waals surface area contributed by atoms with E-state index >= 15 is 0 Å². The van der Waals surface area contributed by atoms with Gasteiger partial charge in [0.1, 0.15) is 0 Å². The van der Waals surface area contributed by atoms with Crippen LogP contribution in [0, 0.1) is 5.92 Å². The predicted octanol–water partition coefficient (Wildman–Crippen LogP) is 0.364. The molecule has 0 spiro atoms. The first-order valence-electron chi connectivity index (χ1n) is 3.37. The smallest absolute Gasteiger partial charge is 0.308 e. The minimum Gasteiger partial charge on any atom is -0.481 e. The van der Waals surface area contributed by atoms with Crippen molar-refractivity contribution < 1.29 is 9.90 Å². The summed E-state index contributed by atoms with van der Waals surface area (Å²) in [4.78, 5) is 10.5. The van der Waals surface area contributed by atoms with Crippen LogP contribution in [-0.2, 0) is 4.79 Å². The Morgan fingerprint density at radius 3 is 2.80 bits per heavy atom. The Hall–Kier alpha value is -0.830. The molecule has 0 unspecified atom stereocenters. The molecule has 56 valence electrons. The molecule has 10 heavy (non-hydrogen) atoms. The highest BCUT2D eigenvalue weighted by Gasteiger charge is 2.24. The predicted molar refractivity (Wildman–Crippen MR) is 37.5 cm³/mol. The zero-order chi connectivity index (χ0) is 7.56. The van der Waals surface area contributed by atoms with Gasteiger partial charge >= 0.3 is 5.97 Å². The fourth-order valence-electron chi connectivity index (χ4n) is 1.14. The van der Waals surface area contributed by atoms with Gasteiger partial charge in [-0.25, -0.2) is 0 Å². The van der Waals surface area contributed by atoms with E-state index < -0.39 is 5.97 Å². The van der Waals surface area contributed by atoms with Gasteiger partial charge in [0.2, 0.25) is 0 Å². The van der Waals surface area contributed by atoms with Crippen LogP contribution in [0.1, 0.15) is 12.8 Å². The average Bonchev–Trinajstić information content (AvgIpc) is 1.88. The topological polar surface area (TPSA) is 63.3 Å². The molecule has 1 aliphatic rings. The summed E-state index contributed by atoms with van der Waals surface area (Å²) in [5, 5.41) is 8.59. The lowest BCUT2D eigenvalue weighted by molar-refractivity contribution is -0.142. The number of carboxylic acids is 1. The van der Waals surface area contributed by atoms with Gasteiger partial charge < -0.3 is 10.8 Å². The molecule has 3 N–H and O–H groups in total. The van der Waals surface area contributed by atoms with Crippen molar-refractivity contribution in [3.63, 3.8) is 0 Å². The minimum atomic E-state index is -0.781. The molecule has 0 aromatic carbocycles. The number of rotatable bonds is 1. The van der Waals surface area contributed by atoms with Crippen molar-refractivity contribution in [3.05, 3.63) is 12.2 Å². The van der Waals surface area contributed by atoms with E-state index in [9.17, 15) is 4.79 Å². The normalized spacial score (nSPS) is 32.1. The second-order valence-corrected chi connectivity index (χ2v) is 2.53. The molecule has 0 saturated heterocycles. The van der Waals surface area contributed by atoms with Crippen LogP contribution < -0.4 is 5.73 Å². The number of hydrogen-bond acceptors (Lipinski definition) is 2. The third kappa shape index (κ3) is 1.36. The van der Waals surface area contributed by atoms with E-state index in [1.807, 2.05) is 6.08 Å². The van der Waals surface area contributed by atoms with Crippen LogP contribution in [0.4, 0.5) is 0 Å². The minimum absolute atomic E-state index is 0.286. The highest BCUT2D eigenvalue weighted by molar-refractivity contribution is 5.71. The second kappa shape index (κ2) is 2.84. The number of aliphatic carboxylic acids is 1.